The topological polar surface area (TPSA) is 111 Å². The van der Waals surface area contributed by atoms with Gasteiger partial charge < -0.3 is 20.1 Å². The first-order valence-corrected chi connectivity index (χ1v) is 7.25. The summed E-state index contributed by atoms with van der Waals surface area (Å²) in [7, 11) is 2.41. The molecule has 0 unspecified atom stereocenters. The Morgan fingerprint density at radius 1 is 1.04 bits per heavy atom. The fourth-order valence-corrected chi connectivity index (χ4v) is 1.85. The van der Waals surface area contributed by atoms with Gasteiger partial charge in [-0.25, -0.2) is 4.79 Å². The molecule has 2 amide bonds. The molecule has 0 aliphatic rings. The van der Waals surface area contributed by atoms with E-state index in [1.165, 1.54) is 14.2 Å². The molecule has 1 rings (SSSR count). The van der Waals surface area contributed by atoms with Crippen LogP contribution in [0.3, 0.4) is 0 Å². The van der Waals surface area contributed by atoms with Gasteiger partial charge in [0, 0.05) is 12.0 Å². The largest absolute Gasteiger partial charge is 0.469 e. The lowest BCUT2D eigenvalue weighted by Gasteiger charge is -2.16. The number of hydrogen-bond donors (Lipinski definition) is 2. The van der Waals surface area contributed by atoms with Gasteiger partial charge in [-0.15, -0.1) is 0 Å². The lowest BCUT2D eigenvalue weighted by Crippen LogP contribution is -2.46. The predicted molar refractivity (Wildman–Crippen MR) is 84.0 cm³/mol. The number of nitrogens with one attached hydrogen (secondary N) is 2. The first-order chi connectivity index (χ1) is 11.5. The molecule has 0 heterocycles. The van der Waals surface area contributed by atoms with E-state index in [0.29, 0.717) is 5.56 Å². The molecule has 1 aromatic carbocycles. The van der Waals surface area contributed by atoms with E-state index in [1.807, 2.05) is 0 Å². The molecule has 2 N–H and O–H groups in total. The summed E-state index contributed by atoms with van der Waals surface area (Å²) in [6, 6.07) is 7.41. The van der Waals surface area contributed by atoms with Crippen molar-refractivity contribution in [2.24, 2.45) is 0 Å². The van der Waals surface area contributed by atoms with Gasteiger partial charge in [0.2, 0.25) is 5.91 Å². The number of esters is 2. The highest BCUT2D eigenvalue weighted by Crippen LogP contribution is 2.02. The molecule has 24 heavy (non-hydrogen) atoms. The molecule has 0 aliphatic heterocycles. The zero-order valence-electron chi connectivity index (χ0n) is 13.5. The van der Waals surface area contributed by atoms with Gasteiger partial charge in [0.15, 0.2) is 0 Å². The Morgan fingerprint density at radius 2 is 1.71 bits per heavy atom. The number of methoxy groups -OCH3 is 2. The van der Waals surface area contributed by atoms with Crippen molar-refractivity contribution in [3.8, 4) is 0 Å². The van der Waals surface area contributed by atoms with Crippen LogP contribution >= 0.6 is 0 Å². The minimum atomic E-state index is -0.991. The molecule has 0 saturated carbocycles. The summed E-state index contributed by atoms with van der Waals surface area (Å²) in [6.45, 7) is -0.306. The monoisotopic (exact) mass is 336 g/mol. The summed E-state index contributed by atoms with van der Waals surface area (Å²) in [5, 5.41) is 4.86. The van der Waals surface area contributed by atoms with E-state index in [2.05, 4.69) is 20.1 Å². The average Bonchev–Trinajstić information content (AvgIpc) is 2.62. The Kier molecular flexibility index (Phi) is 7.97. The van der Waals surface area contributed by atoms with Crippen molar-refractivity contribution >= 4 is 23.8 Å². The number of carbonyl (C=O) groups is 4. The number of rotatable bonds is 8. The van der Waals surface area contributed by atoms with Crippen LogP contribution in [0.4, 0.5) is 0 Å². The van der Waals surface area contributed by atoms with Crippen LogP contribution in [0.25, 0.3) is 0 Å². The van der Waals surface area contributed by atoms with E-state index in [-0.39, 0.29) is 19.4 Å². The minimum Gasteiger partial charge on any atom is -0.469 e. The molecule has 0 aliphatic carbocycles. The first-order valence-electron chi connectivity index (χ1n) is 7.25. The zero-order valence-corrected chi connectivity index (χ0v) is 13.5. The molecular weight excluding hydrogens is 316 g/mol. The molecule has 8 nitrogen and oxygen atoms in total. The molecule has 0 radical (unpaired) electrons. The van der Waals surface area contributed by atoms with Crippen LogP contribution in [0.15, 0.2) is 30.3 Å². The Morgan fingerprint density at radius 3 is 2.29 bits per heavy atom. The predicted octanol–water partition coefficient (Wildman–Crippen LogP) is 0.0274. The Labute approximate surface area is 139 Å². The molecule has 0 saturated heterocycles. The summed E-state index contributed by atoms with van der Waals surface area (Å²) < 4.78 is 9.07. The van der Waals surface area contributed by atoms with Crippen molar-refractivity contribution in [1.82, 2.24) is 10.6 Å². The summed E-state index contributed by atoms with van der Waals surface area (Å²) >= 11 is 0. The van der Waals surface area contributed by atoms with E-state index >= 15 is 0 Å². The summed E-state index contributed by atoms with van der Waals surface area (Å²) in [5.74, 6) is -2.16. The Hall–Kier alpha value is -2.90. The van der Waals surface area contributed by atoms with Gasteiger partial charge in [0.05, 0.1) is 20.8 Å². The lowest BCUT2D eigenvalue weighted by molar-refractivity contribution is -0.146. The molecule has 1 aromatic rings. The van der Waals surface area contributed by atoms with E-state index in [9.17, 15) is 19.2 Å². The zero-order chi connectivity index (χ0) is 17.9. The fraction of sp³-hybridized carbons (Fsp3) is 0.375. The van der Waals surface area contributed by atoms with Crippen LogP contribution < -0.4 is 10.6 Å². The van der Waals surface area contributed by atoms with Crippen molar-refractivity contribution in [2.75, 3.05) is 20.8 Å². The third-order valence-corrected chi connectivity index (χ3v) is 3.13. The number of ether oxygens (including phenoxy) is 2. The number of benzene rings is 1. The van der Waals surface area contributed by atoms with Crippen LogP contribution in [0, 0.1) is 0 Å². The average molecular weight is 336 g/mol. The normalized spacial score (nSPS) is 11.1. The lowest BCUT2D eigenvalue weighted by atomic mass is 10.1. The van der Waals surface area contributed by atoms with E-state index < -0.39 is 29.8 Å². The minimum absolute atomic E-state index is 0.0394. The van der Waals surface area contributed by atoms with Gasteiger partial charge in [0.25, 0.3) is 5.91 Å². The number of amides is 2. The second-order valence-corrected chi connectivity index (χ2v) is 4.81. The van der Waals surface area contributed by atoms with Crippen molar-refractivity contribution in [3.63, 3.8) is 0 Å². The first kappa shape index (κ1) is 19.1. The van der Waals surface area contributed by atoms with Crippen LogP contribution in [-0.2, 0) is 23.9 Å². The molecular formula is C16H20N2O6. The summed E-state index contributed by atoms with van der Waals surface area (Å²) in [4.78, 5) is 46.5. The third-order valence-electron chi connectivity index (χ3n) is 3.13. The standard InChI is InChI=1S/C16H20N2O6/c1-23-14(20)9-8-12(16(22)24-2)18-13(19)10-17-15(21)11-6-4-3-5-7-11/h3-7,12H,8-10H2,1-2H3,(H,17,21)(H,18,19)/t12-/m0/s1. The molecule has 0 bridgehead atoms. The quantitative estimate of drug-likeness (QED) is 0.648. The maximum atomic E-state index is 11.9. The molecule has 1 atom stereocenters. The highest BCUT2D eigenvalue weighted by atomic mass is 16.5. The Bertz CT molecular complexity index is 587. The van der Waals surface area contributed by atoms with Crippen LogP contribution in [-0.4, -0.2) is 50.6 Å². The smallest absolute Gasteiger partial charge is 0.328 e. The van der Waals surface area contributed by atoms with Gasteiger partial charge in [-0.2, -0.15) is 0 Å². The molecule has 0 aromatic heterocycles. The number of carbonyl (C=O) groups excluding carboxylic acids is 4. The highest BCUT2D eigenvalue weighted by molar-refractivity contribution is 5.96. The van der Waals surface area contributed by atoms with Gasteiger partial charge in [-0.1, -0.05) is 18.2 Å². The van der Waals surface area contributed by atoms with Gasteiger partial charge in [0.1, 0.15) is 6.04 Å². The second-order valence-electron chi connectivity index (χ2n) is 4.81. The highest BCUT2D eigenvalue weighted by Gasteiger charge is 2.22. The summed E-state index contributed by atoms with van der Waals surface area (Å²) in [6.07, 6.45) is -0.00929. The van der Waals surface area contributed by atoms with Crippen molar-refractivity contribution in [3.05, 3.63) is 35.9 Å². The fourth-order valence-electron chi connectivity index (χ4n) is 1.85. The molecule has 0 spiro atoms. The van der Waals surface area contributed by atoms with Gasteiger partial charge in [-0.3, -0.25) is 14.4 Å². The maximum absolute atomic E-state index is 11.9. The van der Waals surface area contributed by atoms with Crippen molar-refractivity contribution in [2.45, 2.75) is 18.9 Å². The molecule has 0 fully saturated rings. The van der Waals surface area contributed by atoms with Gasteiger partial charge >= 0.3 is 11.9 Å². The van der Waals surface area contributed by atoms with E-state index in [1.54, 1.807) is 30.3 Å². The third kappa shape index (κ3) is 6.47. The van der Waals surface area contributed by atoms with Gasteiger partial charge in [-0.05, 0) is 18.6 Å². The van der Waals surface area contributed by atoms with Crippen LogP contribution in [0.5, 0.6) is 0 Å². The van der Waals surface area contributed by atoms with Crippen molar-refractivity contribution < 1.29 is 28.7 Å². The van der Waals surface area contributed by atoms with E-state index in [4.69, 9.17) is 0 Å². The van der Waals surface area contributed by atoms with Crippen LogP contribution in [0.1, 0.15) is 23.2 Å². The summed E-state index contributed by atoms with van der Waals surface area (Å²) in [5.41, 5.74) is 0.417. The molecule has 130 valence electrons. The number of hydrogen-bond acceptors (Lipinski definition) is 6. The van der Waals surface area contributed by atoms with Crippen molar-refractivity contribution in [1.29, 1.82) is 0 Å². The second kappa shape index (κ2) is 9.98. The maximum Gasteiger partial charge on any atom is 0.328 e. The Balaban J connectivity index is 2.50. The van der Waals surface area contributed by atoms with E-state index in [0.717, 1.165) is 0 Å². The molecule has 8 heteroatoms. The SMILES string of the molecule is COC(=O)CC[C@H](NC(=O)CNC(=O)c1ccccc1)C(=O)OC. The van der Waals surface area contributed by atoms with Crippen LogP contribution in [0.2, 0.25) is 0 Å².